The summed E-state index contributed by atoms with van der Waals surface area (Å²) in [7, 11) is 0. The van der Waals surface area contributed by atoms with Gasteiger partial charge >= 0.3 is 0 Å². The summed E-state index contributed by atoms with van der Waals surface area (Å²) >= 11 is 0. The Balaban J connectivity index is 1.83. The Morgan fingerprint density at radius 2 is 1.95 bits per heavy atom. The first kappa shape index (κ1) is 15.0. The molecule has 0 radical (unpaired) electrons. The molecule has 1 aromatic carbocycles. The minimum Gasteiger partial charge on any atom is -0.387 e. The van der Waals surface area contributed by atoms with Gasteiger partial charge in [-0.1, -0.05) is 31.2 Å². The molecule has 1 aromatic rings. The van der Waals surface area contributed by atoms with Gasteiger partial charge in [0.05, 0.1) is 6.10 Å². The molecule has 3 heteroatoms. The molecule has 1 unspecified atom stereocenters. The molecule has 2 N–H and O–H groups in total. The van der Waals surface area contributed by atoms with Crippen LogP contribution in [-0.4, -0.2) is 17.6 Å². The molecule has 0 spiro atoms. The SMILES string of the molecule is Cc1ccccc1C(O)CNC(=O)C1CCC(C)CC1. The minimum atomic E-state index is -0.623. The third kappa shape index (κ3) is 3.83. The van der Waals surface area contributed by atoms with Crippen LogP contribution in [0.15, 0.2) is 24.3 Å². The molecular weight excluding hydrogens is 250 g/mol. The van der Waals surface area contributed by atoms with Crippen molar-refractivity contribution in [3.8, 4) is 0 Å². The highest BCUT2D eigenvalue weighted by molar-refractivity contribution is 5.78. The number of amides is 1. The molecule has 1 amide bonds. The van der Waals surface area contributed by atoms with E-state index >= 15 is 0 Å². The van der Waals surface area contributed by atoms with Crippen LogP contribution in [0.2, 0.25) is 0 Å². The van der Waals surface area contributed by atoms with Gasteiger partial charge in [-0.15, -0.1) is 0 Å². The summed E-state index contributed by atoms with van der Waals surface area (Å²) in [6.07, 6.45) is 3.61. The molecule has 0 aromatic heterocycles. The fraction of sp³-hybridized carbons (Fsp3) is 0.588. The Labute approximate surface area is 121 Å². The van der Waals surface area contributed by atoms with Crippen LogP contribution in [0.1, 0.15) is 49.8 Å². The molecule has 0 saturated heterocycles. The highest BCUT2D eigenvalue weighted by Gasteiger charge is 2.24. The number of carbonyl (C=O) groups is 1. The lowest BCUT2D eigenvalue weighted by Crippen LogP contribution is -2.35. The molecule has 2 rings (SSSR count). The van der Waals surface area contributed by atoms with Crippen molar-refractivity contribution in [2.75, 3.05) is 6.54 Å². The van der Waals surface area contributed by atoms with Gasteiger partial charge in [-0.3, -0.25) is 4.79 Å². The third-order valence-corrected chi connectivity index (χ3v) is 4.40. The maximum Gasteiger partial charge on any atom is 0.223 e. The first-order valence-corrected chi connectivity index (χ1v) is 7.59. The van der Waals surface area contributed by atoms with E-state index in [1.165, 1.54) is 0 Å². The van der Waals surface area contributed by atoms with Crippen molar-refractivity contribution in [2.24, 2.45) is 11.8 Å². The molecule has 3 nitrogen and oxygen atoms in total. The second-order valence-corrected chi connectivity index (χ2v) is 6.07. The van der Waals surface area contributed by atoms with Gasteiger partial charge in [0.25, 0.3) is 0 Å². The van der Waals surface area contributed by atoms with E-state index in [4.69, 9.17) is 0 Å². The summed E-state index contributed by atoms with van der Waals surface area (Å²) < 4.78 is 0. The third-order valence-electron chi connectivity index (χ3n) is 4.40. The van der Waals surface area contributed by atoms with Gasteiger partial charge in [0.2, 0.25) is 5.91 Å². The molecule has 0 bridgehead atoms. The Hall–Kier alpha value is -1.35. The van der Waals surface area contributed by atoms with Gasteiger partial charge in [0, 0.05) is 12.5 Å². The van der Waals surface area contributed by atoms with E-state index in [9.17, 15) is 9.90 Å². The van der Waals surface area contributed by atoms with Crippen LogP contribution in [-0.2, 0) is 4.79 Å². The highest BCUT2D eigenvalue weighted by atomic mass is 16.3. The van der Waals surface area contributed by atoms with Crippen molar-refractivity contribution in [3.05, 3.63) is 35.4 Å². The van der Waals surface area contributed by atoms with Crippen molar-refractivity contribution >= 4 is 5.91 Å². The number of hydrogen-bond acceptors (Lipinski definition) is 2. The molecule has 1 saturated carbocycles. The van der Waals surface area contributed by atoms with Crippen molar-refractivity contribution in [3.63, 3.8) is 0 Å². The first-order valence-electron chi connectivity index (χ1n) is 7.59. The highest BCUT2D eigenvalue weighted by Crippen LogP contribution is 2.28. The van der Waals surface area contributed by atoms with Crippen molar-refractivity contribution in [1.82, 2.24) is 5.32 Å². The van der Waals surface area contributed by atoms with E-state index in [1.807, 2.05) is 31.2 Å². The Kier molecular flexibility index (Phi) is 5.18. The standard InChI is InChI=1S/C17H25NO2/c1-12-7-9-14(10-8-12)17(20)18-11-16(19)15-6-4-3-5-13(15)2/h3-6,12,14,16,19H,7-11H2,1-2H3,(H,18,20). The van der Waals surface area contributed by atoms with Crippen LogP contribution in [0.5, 0.6) is 0 Å². The van der Waals surface area contributed by atoms with Crippen LogP contribution in [0, 0.1) is 18.8 Å². The number of rotatable bonds is 4. The van der Waals surface area contributed by atoms with E-state index in [0.717, 1.165) is 42.7 Å². The lowest BCUT2D eigenvalue weighted by molar-refractivity contribution is -0.126. The number of benzene rings is 1. The summed E-state index contributed by atoms with van der Waals surface area (Å²) in [4.78, 5) is 12.1. The molecule has 1 aliphatic carbocycles. The Bertz CT molecular complexity index is 450. The van der Waals surface area contributed by atoms with Crippen molar-refractivity contribution in [2.45, 2.75) is 45.6 Å². The molecule has 110 valence electrons. The molecule has 1 fully saturated rings. The monoisotopic (exact) mass is 275 g/mol. The molecular formula is C17H25NO2. The largest absolute Gasteiger partial charge is 0.387 e. The average Bonchev–Trinajstić information content (AvgIpc) is 2.45. The minimum absolute atomic E-state index is 0.101. The molecule has 20 heavy (non-hydrogen) atoms. The predicted molar refractivity (Wildman–Crippen MR) is 80.3 cm³/mol. The maximum absolute atomic E-state index is 12.1. The molecule has 1 aliphatic rings. The number of aryl methyl sites for hydroxylation is 1. The van der Waals surface area contributed by atoms with Crippen molar-refractivity contribution in [1.29, 1.82) is 0 Å². The second kappa shape index (κ2) is 6.89. The van der Waals surface area contributed by atoms with E-state index in [2.05, 4.69) is 12.2 Å². The zero-order valence-corrected chi connectivity index (χ0v) is 12.4. The molecule has 0 heterocycles. The van der Waals surface area contributed by atoms with Crippen molar-refractivity contribution < 1.29 is 9.90 Å². The lowest BCUT2D eigenvalue weighted by Gasteiger charge is -2.25. The van der Waals surface area contributed by atoms with E-state index in [1.54, 1.807) is 0 Å². The van der Waals surface area contributed by atoms with Crippen LogP contribution in [0.25, 0.3) is 0 Å². The number of carbonyl (C=O) groups excluding carboxylic acids is 1. The normalized spacial score (nSPS) is 24.1. The fourth-order valence-electron chi connectivity index (χ4n) is 2.93. The second-order valence-electron chi connectivity index (χ2n) is 6.07. The van der Waals surface area contributed by atoms with Gasteiger partial charge in [0.1, 0.15) is 0 Å². The topological polar surface area (TPSA) is 49.3 Å². The van der Waals surface area contributed by atoms with E-state index in [0.29, 0.717) is 6.54 Å². The van der Waals surface area contributed by atoms with Crippen LogP contribution in [0.4, 0.5) is 0 Å². The summed E-state index contributed by atoms with van der Waals surface area (Å²) in [6, 6.07) is 7.75. The fourth-order valence-corrected chi connectivity index (χ4v) is 2.93. The van der Waals surface area contributed by atoms with Gasteiger partial charge in [-0.2, -0.15) is 0 Å². The van der Waals surface area contributed by atoms with Crippen LogP contribution < -0.4 is 5.32 Å². The number of aliphatic hydroxyl groups is 1. The van der Waals surface area contributed by atoms with Gasteiger partial charge in [-0.05, 0) is 49.7 Å². The summed E-state index contributed by atoms with van der Waals surface area (Å²) in [5.41, 5.74) is 1.95. The first-order chi connectivity index (χ1) is 9.58. The molecule has 1 atom stereocenters. The summed E-state index contributed by atoms with van der Waals surface area (Å²) in [5, 5.41) is 13.1. The number of aliphatic hydroxyl groups excluding tert-OH is 1. The quantitative estimate of drug-likeness (QED) is 0.887. The number of nitrogens with one attached hydrogen (secondary N) is 1. The van der Waals surface area contributed by atoms with Crippen LogP contribution >= 0.6 is 0 Å². The van der Waals surface area contributed by atoms with E-state index < -0.39 is 6.10 Å². The van der Waals surface area contributed by atoms with Gasteiger partial charge in [-0.25, -0.2) is 0 Å². The predicted octanol–water partition coefficient (Wildman–Crippen LogP) is 2.97. The Morgan fingerprint density at radius 3 is 2.60 bits per heavy atom. The summed E-state index contributed by atoms with van der Waals surface area (Å²) in [5.74, 6) is 0.983. The summed E-state index contributed by atoms with van der Waals surface area (Å²) in [6.45, 7) is 4.52. The lowest BCUT2D eigenvalue weighted by atomic mass is 9.82. The molecule has 0 aliphatic heterocycles. The smallest absolute Gasteiger partial charge is 0.223 e. The Morgan fingerprint density at radius 1 is 1.30 bits per heavy atom. The van der Waals surface area contributed by atoms with Gasteiger partial charge in [0.15, 0.2) is 0 Å². The van der Waals surface area contributed by atoms with E-state index in [-0.39, 0.29) is 11.8 Å². The van der Waals surface area contributed by atoms with Gasteiger partial charge < -0.3 is 10.4 Å². The maximum atomic E-state index is 12.1. The van der Waals surface area contributed by atoms with Crippen LogP contribution in [0.3, 0.4) is 0 Å². The average molecular weight is 275 g/mol. The zero-order valence-electron chi connectivity index (χ0n) is 12.4. The zero-order chi connectivity index (χ0) is 14.5. The number of hydrogen-bond donors (Lipinski definition) is 2.